The van der Waals surface area contributed by atoms with E-state index in [1.807, 2.05) is 27.7 Å². The third-order valence-corrected chi connectivity index (χ3v) is 3.94. The average molecular weight is 343 g/mol. The summed E-state index contributed by atoms with van der Waals surface area (Å²) in [5, 5.41) is 0. The number of hydrogen-bond donors (Lipinski definition) is 1. The minimum absolute atomic E-state index is 0.0666. The van der Waals surface area contributed by atoms with Gasteiger partial charge in [0.1, 0.15) is 5.60 Å². The van der Waals surface area contributed by atoms with Gasteiger partial charge < -0.3 is 9.64 Å². The number of likely N-dealkylation sites (tertiary alicyclic amines) is 1. The number of carbonyl (C=O) groups is 1. The van der Waals surface area contributed by atoms with Gasteiger partial charge in [0.05, 0.1) is 4.90 Å². The summed E-state index contributed by atoms with van der Waals surface area (Å²) in [4.78, 5) is 13.1. The van der Waals surface area contributed by atoms with E-state index in [0.29, 0.717) is 0 Å². The zero-order valence-corrected chi connectivity index (χ0v) is 14.9. The summed E-state index contributed by atoms with van der Waals surface area (Å²) >= 11 is 0. The Kier molecular flexibility index (Phi) is 6.58. The molecule has 1 aliphatic rings. The molecule has 0 radical (unpaired) electrons. The van der Waals surface area contributed by atoms with Crippen LogP contribution in [0.5, 0.6) is 0 Å². The Balaban J connectivity index is 0.000000231. The van der Waals surface area contributed by atoms with Gasteiger partial charge in [-0.2, -0.15) is 8.42 Å². The fraction of sp³-hybridized carbons (Fsp3) is 0.562. The summed E-state index contributed by atoms with van der Waals surface area (Å²) in [6.07, 6.45) is 2.05. The molecule has 0 bridgehead atoms. The van der Waals surface area contributed by atoms with Gasteiger partial charge in [0, 0.05) is 13.1 Å². The molecule has 0 aliphatic carbocycles. The van der Waals surface area contributed by atoms with E-state index in [2.05, 4.69) is 0 Å². The predicted molar refractivity (Wildman–Crippen MR) is 88.0 cm³/mol. The maximum absolute atomic E-state index is 11.4. The van der Waals surface area contributed by atoms with Crippen molar-refractivity contribution in [2.24, 2.45) is 0 Å². The van der Waals surface area contributed by atoms with Crippen molar-refractivity contribution in [2.75, 3.05) is 13.1 Å². The molecule has 0 spiro atoms. The van der Waals surface area contributed by atoms with Crippen LogP contribution < -0.4 is 0 Å². The lowest BCUT2D eigenvalue weighted by Crippen LogP contribution is -2.34. The fourth-order valence-corrected chi connectivity index (χ4v) is 2.42. The van der Waals surface area contributed by atoms with Crippen LogP contribution >= 0.6 is 0 Å². The Bertz CT molecular complexity index is 611. The van der Waals surface area contributed by atoms with Crippen LogP contribution in [-0.2, 0) is 14.9 Å². The van der Waals surface area contributed by atoms with Gasteiger partial charge >= 0.3 is 6.09 Å². The van der Waals surface area contributed by atoms with Crippen molar-refractivity contribution in [2.45, 2.75) is 51.0 Å². The molecule has 1 aliphatic heterocycles. The van der Waals surface area contributed by atoms with Crippen LogP contribution in [0, 0.1) is 6.92 Å². The zero-order chi connectivity index (χ0) is 17.7. The second-order valence-electron chi connectivity index (χ2n) is 6.46. The number of amides is 1. The molecule has 23 heavy (non-hydrogen) atoms. The molecule has 2 rings (SSSR count). The van der Waals surface area contributed by atoms with E-state index >= 15 is 0 Å². The van der Waals surface area contributed by atoms with Crippen molar-refractivity contribution < 1.29 is 22.5 Å². The molecule has 0 aromatic heterocycles. The Morgan fingerprint density at radius 1 is 1.13 bits per heavy atom. The quantitative estimate of drug-likeness (QED) is 0.791. The standard InChI is InChI=1S/C9H17NO2.C7H8O3S/c1-9(2,3)12-8(11)10-6-4-5-7-10;1-6-2-4-7(5-3-6)11(8,9)10/h4-7H2,1-3H3;2-5H,1H3,(H,8,9,10). The van der Waals surface area contributed by atoms with Gasteiger partial charge in [-0.3, -0.25) is 4.55 Å². The highest BCUT2D eigenvalue weighted by atomic mass is 32.2. The third-order valence-electron chi connectivity index (χ3n) is 3.08. The van der Waals surface area contributed by atoms with Crippen molar-refractivity contribution in [3.63, 3.8) is 0 Å². The van der Waals surface area contributed by atoms with Gasteiger partial charge in [-0.25, -0.2) is 4.79 Å². The van der Waals surface area contributed by atoms with Crippen LogP contribution in [0.2, 0.25) is 0 Å². The van der Waals surface area contributed by atoms with E-state index in [9.17, 15) is 13.2 Å². The molecule has 130 valence electrons. The topological polar surface area (TPSA) is 83.9 Å². The summed E-state index contributed by atoms with van der Waals surface area (Å²) in [6.45, 7) is 9.22. The number of ether oxygens (including phenoxy) is 1. The average Bonchev–Trinajstić information content (AvgIpc) is 2.90. The third kappa shape index (κ3) is 7.47. The van der Waals surface area contributed by atoms with Crippen LogP contribution in [0.15, 0.2) is 29.2 Å². The first-order valence-corrected chi connectivity index (χ1v) is 8.95. The smallest absolute Gasteiger partial charge is 0.410 e. The normalized spacial score (nSPS) is 14.9. The maximum atomic E-state index is 11.4. The van der Waals surface area contributed by atoms with Gasteiger partial charge in [-0.05, 0) is 52.7 Å². The Labute approximate surface area is 138 Å². The number of hydrogen-bond acceptors (Lipinski definition) is 4. The van der Waals surface area contributed by atoms with Crippen LogP contribution in [0.1, 0.15) is 39.2 Å². The summed E-state index contributed by atoms with van der Waals surface area (Å²) in [7, 11) is -4.02. The molecule has 6 nitrogen and oxygen atoms in total. The van der Waals surface area contributed by atoms with Crippen LogP contribution in [0.3, 0.4) is 0 Å². The van der Waals surface area contributed by atoms with Crippen LogP contribution in [0.4, 0.5) is 4.79 Å². The second-order valence-corrected chi connectivity index (χ2v) is 7.88. The first-order valence-electron chi connectivity index (χ1n) is 7.51. The minimum Gasteiger partial charge on any atom is -0.444 e. The molecule has 1 heterocycles. The van der Waals surface area contributed by atoms with E-state index in [4.69, 9.17) is 9.29 Å². The van der Waals surface area contributed by atoms with Crippen LogP contribution in [0.25, 0.3) is 0 Å². The Morgan fingerprint density at radius 3 is 2.00 bits per heavy atom. The molecule has 0 saturated carbocycles. The molecule has 0 unspecified atom stereocenters. The number of rotatable bonds is 1. The van der Waals surface area contributed by atoms with Crippen molar-refractivity contribution in [1.82, 2.24) is 4.90 Å². The number of carbonyl (C=O) groups excluding carboxylic acids is 1. The van der Waals surface area contributed by atoms with E-state index < -0.39 is 10.1 Å². The number of aryl methyl sites for hydroxylation is 1. The first-order chi connectivity index (χ1) is 10.5. The SMILES string of the molecule is CC(C)(C)OC(=O)N1CCCC1.Cc1ccc(S(=O)(=O)O)cc1. The van der Waals surface area contributed by atoms with E-state index in [1.165, 1.54) is 12.1 Å². The Hall–Kier alpha value is -1.60. The molecule has 1 aromatic rings. The highest BCUT2D eigenvalue weighted by Gasteiger charge is 2.23. The van der Waals surface area contributed by atoms with Gasteiger partial charge in [0.15, 0.2) is 0 Å². The highest BCUT2D eigenvalue weighted by molar-refractivity contribution is 7.85. The lowest BCUT2D eigenvalue weighted by atomic mass is 10.2. The molecule has 1 amide bonds. The molecule has 1 aromatic carbocycles. The summed E-state index contributed by atoms with van der Waals surface area (Å²) in [5.74, 6) is 0. The lowest BCUT2D eigenvalue weighted by Gasteiger charge is -2.23. The maximum Gasteiger partial charge on any atom is 0.410 e. The van der Waals surface area contributed by atoms with Crippen molar-refractivity contribution in [1.29, 1.82) is 0 Å². The lowest BCUT2D eigenvalue weighted by molar-refractivity contribution is 0.0295. The number of benzene rings is 1. The summed E-state index contributed by atoms with van der Waals surface area (Å²) in [6, 6.07) is 5.99. The predicted octanol–water partition coefficient (Wildman–Crippen LogP) is 3.26. The molecular weight excluding hydrogens is 318 g/mol. The van der Waals surface area contributed by atoms with Gasteiger partial charge in [-0.15, -0.1) is 0 Å². The zero-order valence-electron chi connectivity index (χ0n) is 14.1. The largest absolute Gasteiger partial charge is 0.444 e. The second kappa shape index (κ2) is 7.79. The molecule has 1 fully saturated rings. The van der Waals surface area contributed by atoms with Gasteiger partial charge in [0.25, 0.3) is 10.1 Å². The van der Waals surface area contributed by atoms with E-state index in [-0.39, 0.29) is 16.6 Å². The molecule has 1 N–H and O–H groups in total. The highest BCUT2D eigenvalue weighted by Crippen LogP contribution is 2.14. The molecule has 1 saturated heterocycles. The van der Waals surface area contributed by atoms with E-state index in [0.717, 1.165) is 31.5 Å². The minimum atomic E-state index is -4.02. The summed E-state index contributed by atoms with van der Waals surface area (Å²) in [5.41, 5.74) is 0.594. The molecule has 0 atom stereocenters. The van der Waals surface area contributed by atoms with Crippen molar-refractivity contribution >= 4 is 16.2 Å². The number of nitrogens with zero attached hydrogens (tertiary/aromatic N) is 1. The van der Waals surface area contributed by atoms with Crippen molar-refractivity contribution in [3.8, 4) is 0 Å². The molecular formula is C16H25NO5S. The van der Waals surface area contributed by atoms with Gasteiger partial charge in [0.2, 0.25) is 0 Å². The fourth-order valence-electron chi connectivity index (χ4n) is 1.94. The van der Waals surface area contributed by atoms with Gasteiger partial charge in [-0.1, -0.05) is 17.7 Å². The van der Waals surface area contributed by atoms with E-state index in [1.54, 1.807) is 17.0 Å². The monoisotopic (exact) mass is 343 g/mol. The van der Waals surface area contributed by atoms with Crippen LogP contribution in [-0.4, -0.2) is 42.7 Å². The molecule has 7 heteroatoms. The first kappa shape index (κ1) is 19.4. The van der Waals surface area contributed by atoms with Crippen molar-refractivity contribution in [3.05, 3.63) is 29.8 Å². The summed E-state index contributed by atoms with van der Waals surface area (Å²) < 4.78 is 34.8. The Morgan fingerprint density at radius 2 is 1.61 bits per heavy atom.